The molecule has 0 amide bonds. The summed E-state index contributed by atoms with van der Waals surface area (Å²) >= 11 is 0. The Morgan fingerprint density at radius 1 is 1.03 bits per heavy atom. The Kier molecular flexibility index (Phi) is 8.22. The molecule has 2 fully saturated rings. The van der Waals surface area contributed by atoms with E-state index in [-0.39, 0.29) is 13.1 Å². The van der Waals surface area contributed by atoms with Gasteiger partial charge in [-0.05, 0) is 43.8 Å². The van der Waals surface area contributed by atoms with Crippen LogP contribution in [-0.2, 0) is 30.4 Å². The fourth-order valence-corrected chi connectivity index (χ4v) is 6.26. The summed E-state index contributed by atoms with van der Waals surface area (Å²) in [6, 6.07) is 9.20. The van der Waals surface area contributed by atoms with Gasteiger partial charge in [0, 0.05) is 32.0 Å². The van der Waals surface area contributed by atoms with Gasteiger partial charge >= 0.3 is 11.9 Å². The van der Waals surface area contributed by atoms with E-state index in [0.29, 0.717) is 17.8 Å². The van der Waals surface area contributed by atoms with Crippen LogP contribution in [0.2, 0.25) is 0 Å². The molecule has 2 saturated heterocycles. The van der Waals surface area contributed by atoms with Gasteiger partial charge in [-0.15, -0.1) is 0 Å². The van der Waals surface area contributed by atoms with Crippen LogP contribution in [0.4, 0.5) is 0 Å². The Morgan fingerprint density at radius 3 is 2.26 bits per heavy atom. The second kappa shape index (κ2) is 11.4. The topological polar surface area (TPSA) is 102 Å². The average Bonchev–Trinajstić information content (AvgIpc) is 2.95. The number of ketones is 1. The van der Waals surface area contributed by atoms with E-state index in [1.165, 1.54) is 14.2 Å². The molecule has 0 aromatic carbocycles. The number of hydrogen-bond acceptors (Lipinski definition) is 9. The van der Waals surface area contributed by atoms with Crippen LogP contribution in [0.25, 0.3) is 0 Å². The summed E-state index contributed by atoms with van der Waals surface area (Å²) in [7, 11) is 4.29. The Balaban J connectivity index is 2.01. The van der Waals surface area contributed by atoms with Crippen molar-refractivity contribution in [2.45, 2.75) is 25.6 Å². The second-order valence-electron chi connectivity index (χ2n) is 9.91. The van der Waals surface area contributed by atoms with Gasteiger partial charge in [0.15, 0.2) is 16.6 Å². The van der Waals surface area contributed by atoms with Crippen molar-refractivity contribution < 1.29 is 23.9 Å². The molecule has 4 unspecified atom stereocenters. The number of piperidine rings is 2. The van der Waals surface area contributed by atoms with Gasteiger partial charge in [-0.2, -0.15) is 0 Å². The third-order valence-electron chi connectivity index (χ3n) is 7.65. The summed E-state index contributed by atoms with van der Waals surface area (Å²) in [6.07, 6.45) is 10.6. The molecule has 0 radical (unpaired) electrons. The van der Waals surface area contributed by atoms with Gasteiger partial charge in [0.1, 0.15) is 0 Å². The first-order valence-electron chi connectivity index (χ1n) is 12.7. The highest BCUT2D eigenvalue weighted by atomic mass is 16.5. The van der Waals surface area contributed by atoms with E-state index in [0.717, 1.165) is 5.69 Å². The third-order valence-corrected chi connectivity index (χ3v) is 7.65. The summed E-state index contributed by atoms with van der Waals surface area (Å²) < 4.78 is 10.6. The van der Waals surface area contributed by atoms with Crippen LogP contribution in [-0.4, -0.2) is 77.9 Å². The lowest BCUT2D eigenvalue weighted by Crippen LogP contribution is -2.78. The molecule has 2 aromatic rings. The standard InChI is InChI=1S/C30H34N4O5/c1-6-7-8-13-21(2)24-29(27(36)38-4)19-34(18-22-14-9-11-16-31-22)20-30(26(29)35,28(37)39-5)25(33(24)3)23-15-10-12-17-32-23/h6-17,24-25H,2,18-20H2,1,3-5H3/b7-6-,13-8-. The number of aromatic nitrogens is 2. The number of pyridine rings is 2. The quantitative estimate of drug-likeness (QED) is 0.290. The molecule has 2 aliphatic heterocycles. The van der Waals surface area contributed by atoms with Crippen LogP contribution in [0, 0.1) is 10.8 Å². The smallest absolute Gasteiger partial charge is 0.322 e. The molecule has 0 spiro atoms. The maximum Gasteiger partial charge on any atom is 0.322 e. The number of carbonyl (C=O) groups is 3. The molecular formula is C30H34N4O5. The highest BCUT2D eigenvalue weighted by Gasteiger charge is 2.75. The number of esters is 2. The van der Waals surface area contributed by atoms with Crippen molar-refractivity contribution in [2.24, 2.45) is 10.8 Å². The molecule has 0 saturated carbocycles. The van der Waals surface area contributed by atoms with Crippen molar-refractivity contribution in [1.29, 1.82) is 0 Å². The van der Waals surface area contributed by atoms with Gasteiger partial charge in [-0.3, -0.25) is 34.2 Å². The van der Waals surface area contributed by atoms with Crippen LogP contribution < -0.4 is 0 Å². The van der Waals surface area contributed by atoms with Crippen molar-refractivity contribution in [2.75, 3.05) is 34.4 Å². The number of likely N-dealkylation sites (N-methyl/N-ethyl adjacent to an activating group) is 1. The molecule has 0 N–H and O–H groups in total. The Bertz CT molecular complexity index is 1290. The van der Waals surface area contributed by atoms with Crippen molar-refractivity contribution in [3.8, 4) is 0 Å². The lowest BCUT2D eigenvalue weighted by atomic mass is 9.54. The summed E-state index contributed by atoms with van der Waals surface area (Å²) in [5, 5.41) is 0. The monoisotopic (exact) mass is 530 g/mol. The molecule has 9 heteroatoms. The molecule has 4 rings (SSSR count). The van der Waals surface area contributed by atoms with Crippen molar-refractivity contribution >= 4 is 17.7 Å². The number of hydrogen-bond donors (Lipinski definition) is 0. The molecule has 0 aliphatic carbocycles. The van der Waals surface area contributed by atoms with Crippen molar-refractivity contribution in [3.05, 3.63) is 96.6 Å². The van der Waals surface area contributed by atoms with Gasteiger partial charge in [0.05, 0.1) is 37.7 Å². The maximum atomic E-state index is 14.8. The van der Waals surface area contributed by atoms with Crippen LogP contribution >= 0.6 is 0 Å². The highest BCUT2D eigenvalue weighted by Crippen LogP contribution is 2.57. The number of methoxy groups -OCH3 is 2. The van der Waals surface area contributed by atoms with Gasteiger partial charge in [-0.25, -0.2) is 0 Å². The number of ether oxygens (including phenoxy) is 2. The van der Waals surface area contributed by atoms with Crippen LogP contribution in [0.5, 0.6) is 0 Å². The number of Topliss-reactive ketones (excluding diaryl/α,β-unsaturated/α-hetero) is 1. The van der Waals surface area contributed by atoms with E-state index >= 15 is 0 Å². The molecule has 9 nitrogen and oxygen atoms in total. The zero-order valence-corrected chi connectivity index (χ0v) is 22.7. The number of rotatable bonds is 8. The number of fused-ring (bicyclic) bond motifs is 2. The Hall–Kier alpha value is -3.95. The average molecular weight is 531 g/mol. The van der Waals surface area contributed by atoms with E-state index in [1.54, 1.807) is 49.8 Å². The fourth-order valence-electron chi connectivity index (χ4n) is 6.26. The predicted octanol–water partition coefficient (Wildman–Crippen LogP) is 2.92. The van der Waals surface area contributed by atoms with Gasteiger partial charge in [0.25, 0.3) is 0 Å². The van der Waals surface area contributed by atoms with E-state index < -0.39 is 40.6 Å². The molecule has 204 valence electrons. The van der Waals surface area contributed by atoms with E-state index in [2.05, 4.69) is 16.5 Å². The van der Waals surface area contributed by atoms with Crippen molar-refractivity contribution in [1.82, 2.24) is 19.8 Å². The predicted molar refractivity (Wildman–Crippen MR) is 145 cm³/mol. The lowest BCUT2D eigenvalue weighted by molar-refractivity contribution is -0.200. The largest absolute Gasteiger partial charge is 0.468 e. The Labute approximate surface area is 228 Å². The molecule has 2 bridgehead atoms. The van der Waals surface area contributed by atoms with Crippen molar-refractivity contribution in [3.63, 3.8) is 0 Å². The first-order chi connectivity index (χ1) is 18.8. The molecular weight excluding hydrogens is 496 g/mol. The van der Waals surface area contributed by atoms with Gasteiger partial charge in [-0.1, -0.05) is 43.0 Å². The summed E-state index contributed by atoms with van der Waals surface area (Å²) in [6.45, 7) is 6.48. The zero-order valence-electron chi connectivity index (χ0n) is 22.7. The minimum Gasteiger partial charge on any atom is -0.468 e. The number of allylic oxidation sites excluding steroid dienone is 3. The van der Waals surface area contributed by atoms with Crippen LogP contribution in [0.1, 0.15) is 24.4 Å². The molecule has 39 heavy (non-hydrogen) atoms. The lowest BCUT2D eigenvalue weighted by Gasteiger charge is -2.61. The van der Waals surface area contributed by atoms with E-state index in [9.17, 15) is 14.4 Å². The molecule has 2 aliphatic rings. The second-order valence-corrected chi connectivity index (χ2v) is 9.91. The van der Waals surface area contributed by atoms with E-state index in [1.807, 2.05) is 47.1 Å². The SMILES string of the molecule is C=C(/C=C\C=C/C)C1N(C)C(c2ccccn2)C2(C(=O)OC)CN(Cc3ccccn3)CC1(C(=O)OC)C2=O. The minimum absolute atomic E-state index is 0.00696. The molecule has 4 heterocycles. The number of carbonyl (C=O) groups excluding carboxylic acids is 3. The van der Waals surface area contributed by atoms with Gasteiger partial charge in [0.2, 0.25) is 0 Å². The summed E-state index contributed by atoms with van der Waals surface area (Å²) in [5.74, 6) is -2.02. The Morgan fingerprint density at radius 2 is 1.67 bits per heavy atom. The fraction of sp³-hybridized carbons (Fsp3) is 0.367. The first-order valence-corrected chi connectivity index (χ1v) is 12.7. The van der Waals surface area contributed by atoms with Crippen LogP contribution in [0.3, 0.4) is 0 Å². The summed E-state index contributed by atoms with van der Waals surface area (Å²) in [5.41, 5.74) is -1.78. The third kappa shape index (κ3) is 4.62. The van der Waals surface area contributed by atoms with E-state index in [4.69, 9.17) is 9.47 Å². The zero-order chi connectivity index (χ0) is 28.2. The highest BCUT2D eigenvalue weighted by molar-refractivity contribution is 6.18. The molecule has 4 atom stereocenters. The number of likely N-dealkylation sites (tertiary alicyclic amines) is 2. The number of nitrogens with zero attached hydrogens (tertiary/aromatic N) is 4. The first kappa shape index (κ1) is 28.1. The maximum absolute atomic E-state index is 14.8. The van der Waals surface area contributed by atoms with Crippen LogP contribution in [0.15, 0.2) is 85.2 Å². The minimum atomic E-state index is -1.77. The molecule has 2 aromatic heterocycles. The normalized spacial score (nSPS) is 27.5. The summed E-state index contributed by atoms with van der Waals surface area (Å²) in [4.78, 5) is 55.3. The van der Waals surface area contributed by atoms with Gasteiger partial charge < -0.3 is 9.47 Å².